The molecule has 3 aliphatic rings. The molecule has 10 nitrogen and oxygen atoms in total. The number of methoxy groups -OCH3 is 1. The zero-order valence-electron chi connectivity index (χ0n) is 27.8. The topological polar surface area (TPSA) is 123 Å². The van der Waals surface area contributed by atoms with Crippen molar-refractivity contribution < 1.29 is 33.4 Å². The molecule has 3 atom stereocenters. The molecule has 3 heterocycles. The van der Waals surface area contributed by atoms with Crippen molar-refractivity contribution in [1.82, 2.24) is 15.5 Å². The fourth-order valence-corrected chi connectivity index (χ4v) is 7.56. The second-order valence-electron chi connectivity index (χ2n) is 13.0. The average Bonchev–Trinajstić information content (AvgIpc) is 3.53. The van der Waals surface area contributed by atoms with Crippen molar-refractivity contribution in [3.05, 3.63) is 124 Å². The van der Waals surface area contributed by atoms with Gasteiger partial charge in [-0.3, -0.25) is 9.59 Å². The van der Waals surface area contributed by atoms with E-state index in [0.29, 0.717) is 35.4 Å². The minimum atomic E-state index is -1.20. The Hall–Kier alpha value is -5.03. The van der Waals surface area contributed by atoms with Crippen molar-refractivity contribution in [2.24, 2.45) is 0 Å². The second kappa shape index (κ2) is 14.2. The van der Waals surface area contributed by atoms with Crippen LogP contribution in [0.3, 0.4) is 0 Å². The van der Waals surface area contributed by atoms with Crippen LogP contribution >= 0.6 is 11.8 Å². The van der Waals surface area contributed by atoms with Gasteiger partial charge in [-0.15, -0.1) is 11.8 Å². The summed E-state index contributed by atoms with van der Waals surface area (Å²) in [7, 11) is 1.58. The van der Waals surface area contributed by atoms with Crippen LogP contribution in [0, 0.1) is 0 Å². The van der Waals surface area contributed by atoms with E-state index in [0.717, 1.165) is 16.7 Å². The van der Waals surface area contributed by atoms with Crippen LogP contribution in [0.1, 0.15) is 50.0 Å². The average molecular weight is 682 g/mol. The molecule has 11 heteroatoms. The van der Waals surface area contributed by atoms with Gasteiger partial charge in [0.25, 0.3) is 0 Å². The number of esters is 1. The number of carbonyl (C=O) groups is 4. The number of alkyl carbamates (subject to hydrolysis) is 1. The molecule has 0 saturated carbocycles. The maximum atomic E-state index is 14.7. The molecule has 0 radical (unpaired) electrons. The van der Waals surface area contributed by atoms with Crippen molar-refractivity contribution in [2.75, 3.05) is 13.7 Å². The summed E-state index contributed by atoms with van der Waals surface area (Å²) in [6, 6.07) is 24.2. The van der Waals surface area contributed by atoms with E-state index < -0.39 is 47.1 Å². The van der Waals surface area contributed by atoms with Crippen LogP contribution in [-0.4, -0.2) is 65.5 Å². The molecule has 0 spiro atoms. The SMILES string of the molecule is COc1ccccc1CC(C1=CS[C@@H]2[C@H](NC(=O)OC(C)(C)C)C(=O)N2[C@H]1C(=O)OC(c1ccccc1)c1ccccc1)=C1CCNC1=O. The summed E-state index contributed by atoms with van der Waals surface area (Å²) in [5.41, 5.74) is 3.23. The van der Waals surface area contributed by atoms with Gasteiger partial charge in [0, 0.05) is 18.5 Å². The van der Waals surface area contributed by atoms with Gasteiger partial charge in [0.15, 0.2) is 12.1 Å². The highest BCUT2D eigenvalue weighted by atomic mass is 32.2. The first-order valence-electron chi connectivity index (χ1n) is 16.2. The Morgan fingerprint density at radius 2 is 1.59 bits per heavy atom. The van der Waals surface area contributed by atoms with Crippen molar-refractivity contribution >= 4 is 35.6 Å². The quantitative estimate of drug-likeness (QED) is 0.174. The van der Waals surface area contributed by atoms with Crippen LogP contribution in [0.4, 0.5) is 4.79 Å². The van der Waals surface area contributed by atoms with Gasteiger partial charge in [0.1, 0.15) is 22.8 Å². The molecule has 2 N–H and O–H groups in total. The van der Waals surface area contributed by atoms with E-state index in [2.05, 4.69) is 10.6 Å². The van der Waals surface area contributed by atoms with Gasteiger partial charge < -0.3 is 29.7 Å². The van der Waals surface area contributed by atoms with Gasteiger partial charge in [-0.2, -0.15) is 0 Å². The number of nitrogens with zero attached hydrogens (tertiary/aromatic N) is 1. The van der Waals surface area contributed by atoms with E-state index in [1.807, 2.05) is 90.3 Å². The molecule has 0 bridgehead atoms. The molecular formula is C38H39N3O7S. The zero-order valence-corrected chi connectivity index (χ0v) is 28.6. The summed E-state index contributed by atoms with van der Waals surface area (Å²) >= 11 is 1.30. The number of hydrogen-bond donors (Lipinski definition) is 2. The third-order valence-corrected chi connectivity index (χ3v) is 9.70. The van der Waals surface area contributed by atoms with Crippen molar-refractivity contribution in [3.8, 4) is 5.75 Å². The van der Waals surface area contributed by atoms with Crippen LogP contribution in [0.25, 0.3) is 0 Å². The number of thioether (sulfide) groups is 1. The molecule has 2 saturated heterocycles. The molecule has 3 aromatic carbocycles. The highest BCUT2D eigenvalue weighted by Gasteiger charge is 2.57. The number of benzene rings is 3. The Bertz CT molecular complexity index is 1760. The fraction of sp³-hybridized carbons (Fsp3) is 0.316. The van der Waals surface area contributed by atoms with E-state index >= 15 is 0 Å². The third kappa shape index (κ3) is 7.22. The van der Waals surface area contributed by atoms with Gasteiger partial charge in [-0.1, -0.05) is 78.9 Å². The summed E-state index contributed by atoms with van der Waals surface area (Å²) in [6.07, 6.45) is -0.772. The van der Waals surface area contributed by atoms with Crippen LogP contribution < -0.4 is 15.4 Å². The minimum absolute atomic E-state index is 0.226. The van der Waals surface area contributed by atoms with E-state index in [1.165, 1.54) is 16.7 Å². The Morgan fingerprint density at radius 1 is 0.959 bits per heavy atom. The fourth-order valence-electron chi connectivity index (χ4n) is 6.30. The highest BCUT2D eigenvalue weighted by Crippen LogP contribution is 2.45. The van der Waals surface area contributed by atoms with Crippen LogP contribution in [0.2, 0.25) is 0 Å². The lowest BCUT2D eigenvalue weighted by Crippen LogP contribution is -2.74. The van der Waals surface area contributed by atoms with E-state index in [4.69, 9.17) is 14.2 Å². The predicted molar refractivity (Wildman–Crippen MR) is 185 cm³/mol. The summed E-state index contributed by atoms with van der Waals surface area (Å²) in [4.78, 5) is 56.0. The predicted octanol–water partition coefficient (Wildman–Crippen LogP) is 5.45. The second-order valence-corrected chi connectivity index (χ2v) is 14.0. The summed E-state index contributed by atoms with van der Waals surface area (Å²) < 4.78 is 17.4. The first-order chi connectivity index (χ1) is 23.6. The van der Waals surface area contributed by atoms with Gasteiger partial charge in [0.2, 0.25) is 11.8 Å². The van der Waals surface area contributed by atoms with Gasteiger partial charge in [-0.05, 0) is 66.5 Å². The van der Waals surface area contributed by atoms with Crippen LogP contribution in [0.5, 0.6) is 5.75 Å². The maximum absolute atomic E-state index is 14.7. The Balaban J connectivity index is 1.42. The maximum Gasteiger partial charge on any atom is 0.408 e. The number of β-lactam (4-membered cyclic amide) rings is 1. The van der Waals surface area contributed by atoms with Crippen LogP contribution in [-0.2, 0) is 30.3 Å². The molecule has 49 heavy (non-hydrogen) atoms. The van der Waals surface area contributed by atoms with Gasteiger partial charge in [-0.25, -0.2) is 9.59 Å². The molecule has 3 amide bonds. The molecule has 6 rings (SSSR count). The van der Waals surface area contributed by atoms with E-state index in [-0.39, 0.29) is 12.3 Å². The summed E-state index contributed by atoms with van der Waals surface area (Å²) in [6.45, 7) is 5.67. The van der Waals surface area contributed by atoms with Gasteiger partial charge in [0.05, 0.1) is 7.11 Å². The number of nitrogens with one attached hydrogen (secondary N) is 2. The Kier molecular flexibility index (Phi) is 9.82. The molecule has 0 aromatic heterocycles. The third-order valence-electron chi connectivity index (χ3n) is 8.53. The lowest BCUT2D eigenvalue weighted by atomic mass is 9.86. The molecule has 3 aliphatic heterocycles. The number of fused-ring (bicyclic) bond motifs is 1. The lowest BCUT2D eigenvalue weighted by molar-refractivity contribution is -0.164. The standard InChI is InChI=1S/C38H39N3O7S/c1-38(2,3)48-37(45)40-30-34(43)41-31(36(44)47-32(23-13-7-5-8-14-23)24-15-9-6-10-16-24)28(22-49-35(30)41)27(26-19-20-39-33(26)42)21-25-17-11-12-18-29(25)46-4/h5-18,22,30-32,35H,19-21H2,1-4H3,(H,39,42)(H,40,45)/t30-,31-,35-/m1/s1. The first-order valence-corrected chi connectivity index (χ1v) is 17.1. The summed E-state index contributed by atoms with van der Waals surface area (Å²) in [5.74, 6) is -0.704. The number of para-hydroxylation sites is 1. The zero-order chi connectivity index (χ0) is 34.7. The van der Waals surface area contributed by atoms with E-state index in [1.54, 1.807) is 27.9 Å². The smallest absolute Gasteiger partial charge is 0.408 e. The normalized spacial score (nSPS) is 21.2. The van der Waals surface area contributed by atoms with Gasteiger partial charge >= 0.3 is 12.1 Å². The Labute approximate surface area is 289 Å². The molecular weight excluding hydrogens is 642 g/mol. The number of hydrogen-bond acceptors (Lipinski definition) is 8. The number of rotatable bonds is 9. The number of carbonyl (C=O) groups excluding carboxylic acids is 4. The highest BCUT2D eigenvalue weighted by molar-refractivity contribution is 8.03. The summed E-state index contributed by atoms with van der Waals surface area (Å²) in [5, 5.41) is 6.80. The largest absolute Gasteiger partial charge is 0.496 e. The molecule has 2 fully saturated rings. The van der Waals surface area contributed by atoms with E-state index in [9.17, 15) is 19.2 Å². The molecule has 0 aliphatic carbocycles. The minimum Gasteiger partial charge on any atom is -0.496 e. The van der Waals surface area contributed by atoms with Crippen LogP contribution in [0.15, 0.2) is 107 Å². The Morgan fingerprint density at radius 3 is 2.18 bits per heavy atom. The van der Waals surface area contributed by atoms with Crippen molar-refractivity contribution in [1.29, 1.82) is 0 Å². The molecule has 254 valence electrons. The monoisotopic (exact) mass is 681 g/mol. The number of amides is 3. The molecule has 3 aromatic rings. The van der Waals surface area contributed by atoms with Crippen molar-refractivity contribution in [3.63, 3.8) is 0 Å². The number of ether oxygens (including phenoxy) is 3. The molecule has 0 unspecified atom stereocenters. The van der Waals surface area contributed by atoms with Crippen molar-refractivity contribution in [2.45, 2.75) is 62.8 Å². The first kappa shape index (κ1) is 33.9. The lowest BCUT2D eigenvalue weighted by Gasteiger charge is -2.52.